The number of rotatable bonds is 1. The molecule has 0 atom stereocenters. The Kier molecular flexibility index (Phi) is 3.96. The molecule has 0 bridgehead atoms. The topological polar surface area (TPSA) is 20.2 Å². The van der Waals surface area contributed by atoms with Crippen molar-refractivity contribution in [3.8, 4) is 11.5 Å². The van der Waals surface area contributed by atoms with Gasteiger partial charge in [-0.2, -0.15) is 0 Å². The third-order valence-corrected chi connectivity index (χ3v) is 3.31. The van der Waals surface area contributed by atoms with E-state index >= 15 is 0 Å². The zero-order valence-electron chi connectivity index (χ0n) is 10.8. The summed E-state index contributed by atoms with van der Waals surface area (Å²) in [5.74, 6) is 3.25. The average molecular weight is 232 g/mol. The minimum absolute atomic E-state index is 0.111. The maximum Gasteiger partial charge on any atom is 0.129 e. The zero-order chi connectivity index (χ0) is 12.3. The Morgan fingerprint density at radius 1 is 1.12 bits per heavy atom. The van der Waals surface area contributed by atoms with Crippen molar-refractivity contribution in [1.82, 2.24) is 0 Å². The van der Waals surface area contributed by atoms with E-state index in [4.69, 9.17) is 0 Å². The Morgan fingerprint density at radius 2 is 1.62 bits per heavy atom. The molecule has 0 saturated carbocycles. The molecule has 0 saturated heterocycles. The normalized spacial score (nSPS) is 10.9. The van der Waals surface area contributed by atoms with Crippen LogP contribution in [0.25, 0.3) is 0 Å². The number of aliphatic hydroxyl groups is 1. The summed E-state index contributed by atoms with van der Waals surface area (Å²) in [5, 5.41) is 9.22. The van der Waals surface area contributed by atoms with E-state index in [1.54, 1.807) is 0 Å². The van der Waals surface area contributed by atoms with E-state index in [9.17, 15) is 5.11 Å². The number of aryl methyl sites for hydroxylation is 2. The standard InChI is InChI=1S/C14H20OSi/c1-11-8-13(6-7-16(3,4)5)9-12(2)14(11)10-15/h8-9,15H,10H2,1-5H3. The lowest BCUT2D eigenvalue weighted by atomic mass is 10.0. The van der Waals surface area contributed by atoms with Crippen LogP contribution in [0.3, 0.4) is 0 Å². The van der Waals surface area contributed by atoms with Crippen molar-refractivity contribution < 1.29 is 5.11 Å². The molecule has 1 nitrogen and oxygen atoms in total. The van der Waals surface area contributed by atoms with E-state index in [1.165, 1.54) is 0 Å². The molecular formula is C14H20OSi. The maximum atomic E-state index is 9.22. The lowest BCUT2D eigenvalue weighted by Gasteiger charge is -2.08. The molecule has 0 spiro atoms. The van der Waals surface area contributed by atoms with Crippen LogP contribution in [0.5, 0.6) is 0 Å². The van der Waals surface area contributed by atoms with Crippen LogP contribution in [0, 0.1) is 25.3 Å². The lowest BCUT2D eigenvalue weighted by molar-refractivity contribution is 0.280. The molecule has 1 aromatic carbocycles. The van der Waals surface area contributed by atoms with Crippen LogP contribution in [0.15, 0.2) is 12.1 Å². The molecule has 0 aliphatic rings. The number of benzene rings is 1. The van der Waals surface area contributed by atoms with Crippen LogP contribution in [0.4, 0.5) is 0 Å². The molecule has 0 fully saturated rings. The Morgan fingerprint density at radius 3 is 2.00 bits per heavy atom. The van der Waals surface area contributed by atoms with E-state index in [2.05, 4.69) is 43.2 Å². The van der Waals surface area contributed by atoms with E-state index in [0.717, 1.165) is 22.3 Å². The molecular weight excluding hydrogens is 212 g/mol. The van der Waals surface area contributed by atoms with Crippen molar-refractivity contribution in [3.05, 3.63) is 34.4 Å². The number of hydrogen-bond acceptors (Lipinski definition) is 1. The first-order chi connectivity index (χ1) is 7.33. The molecule has 1 aromatic rings. The van der Waals surface area contributed by atoms with Crippen molar-refractivity contribution in [3.63, 3.8) is 0 Å². The largest absolute Gasteiger partial charge is 0.392 e. The monoisotopic (exact) mass is 232 g/mol. The maximum absolute atomic E-state index is 9.22. The van der Waals surface area contributed by atoms with E-state index < -0.39 is 8.07 Å². The predicted octanol–water partition coefficient (Wildman–Crippen LogP) is 3.02. The Balaban J connectivity index is 3.13. The van der Waals surface area contributed by atoms with Gasteiger partial charge in [0.25, 0.3) is 0 Å². The molecule has 0 radical (unpaired) electrons. The summed E-state index contributed by atoms with van der Waals surface area (Å²) < 4.78 is 0. The van der Waals surface area contributed by atoms with Crippen LogP contribution in [0.1, 0.15) is 22.3 Å². The first kappa shape index (κ1) is 13.0. The summed E-state index contributed by atoms with van der Waals surface area (Å²) in [4.78, 5) is 0. The summed E-state index contributed by atoms with van der Waals surface area (Å²) in [6.45, 7) is 10.9. The van der Waals surface area contributed by atoms with Crippen LogP contribution in [-0.4, -0.2) is 13.2 Å². The van der Waals surface area contributed by atoms with E-state index in [-0.39, 0.29) is 6.61 Å². The molecule has 0 aromatic heterocycles. The van der Waals surface area contributed by atoms with Gasteiger partial charge in [0.1, 0.15) is 8.07 Å². The second-order valence-electron chi connectivity index (χ2n) is 5.25. The van der Waals surface area contributed by atoms with Crippen molar-refractivity contribution in [2.24, 2.45) is 0 Å². The molecule has 1 rings (SSSR count). The molecule has 0 heterocycles. The highest BCUT2D eigenvalue weighted by molar-refractivity contribution is 6.83. The van der Waals surface area contributed by atoms with Gasteiger partial charge >= 0.3 is 0 Å². The highest BCUT2D eigenvalue weighted by atomic mass is 28.3. The Labute approximate surface area is 99.5 Å². The smallest absolute Gasteiger partial charge is 0.129 e. The lowest BCUT2D eigenvalue weighted by Crippen LogP contribution is -2.16. The molecule has 2 heteroatoms. The Hall–Kier alpha value is -1.04. The minimum atomic E-state index is -1.31. The predicted molar refractivity (Wildman–Crippen MR) is 72.1 cm³/mol. The summed E-state index contributed by atoms with van der Waals surface area (Å²) in [7, 11) is -1.31. The third-order valence-electron chi connectivity index (χ3n) is 2.44. The van der Waals surface area contributed by atoms with Gasteiger partial charge in [-0.25, -0.2) is 0 Å². The zero-order valence-corrected chi connectivity index (χ0v) is 11.8. The van der Waals surface area contributed by atoms with Crippen LogP contribution >= 0.6 is 0 Å². The fraction of sp³-hybridized carbons (Fsp3) is 0.429. The molecule has 0 aliphatic carbocycles. The van der Waals surface area contributed by atoms with Gasteiger partial charge in [0.15, 0.2) is 0 Å². The number of hydrogen-bond donors (Lipinski definition) is 1. The third kappa shape index (κ3) is 3.51. The summed E-state index contributed by atoms with van der Waals surface area (Å²) in [5.41, 5.74) is 7.70. The minimum Gasteiger partial charge on any atom is -0.392 e. The molecule has 86 valence electrons. The first-order valence-electron chi connectivity index (χ1n) is 5.57. The van der Waals surface area contributed by atoms with Crippen molar-refractivity contribution in [2.45, 2.75) is 40.1 Å². The fourth-order valence-corrected chi connectivity index (χ4v) is 2.09. The second-order valence-corrected chi connectivity index (χ2v) is 10.00. The van der Waals surface area contributed by atoms with Gasteiger partial charge in [-0.1, -0.05) is 25.6 Å². The van der Waals surface area contributed by atoms with Crippen molar-refractivity contribution in [1.29, 1.82) is 0 Å². The van der Waals surface area contributed by atoms with Gasteiger partial charge in [-0.05, 0) is 42.7 Å². The SMILES string of the molecule is Cc1cc(C#C[Si](C)(C)C)cc(C)c1CO. The van der Waals surface area contributed by atoms with Crippen LogP contribution in [0.2, 0.25) is 19.6 Å². The Bertz CT molecular complexity index is 421. The highest BCUT2D eigenvalue weighted by Gasteiger charge is 2.08. The highest BCUT2D eigenvalue weighted by Crippen LogP contribution is 2.16. The average Bonchev–Trinajstić information content (AvgIpc) is 2.13. The van der Waals surface area contributed by atoms with Crippen LogP contribution in [-0.2, 0) is 6.61 Å². The molecule has 0 aliphatic heterocycles. The van der Waals surface area contributed by atoms with Gasteiger partial charge in [-0.3, -0.25) is 0 Å². The summed E-state index contributed by atoms with van der Waals surface area (Å²) in [6, 6.07) is 4.12. The fourth-order valence-electron chi connectivity index (χ4n) is 1.57. The molecule has 0 unspecified atom stereocenters. The molecule has 0 amide bonds. The first-order valence-corrected chi connectivity index (χ1v) is 9.07. The van der Waals surface area contributed by atoms with Crippen molar-refractivity contribution in [2.75, 3.05) is 0 Å². The van der Waals surface area contributed by atoms with E-state index in [0.29, 0.717) is 0 Å². The second kappa shape index (κ2) is 4.86. The van der Waals surface area contributed by atoms with Crippen molar-refractivity contribution >= 4 is 8.07 Å². The van der Waals surface area contributed by atoms with Gasteiger partial charge in [-0.15, -0.1) is 5.54 Å². The van der Waals surface area contributed by atoms with Gasteiger partial charge < -0.3 is 5.11 Å². The molecule has 1 N–H and O–H groups in total. The summed E-state index contributed by atoms with van der Waals surface area (Å²) in [6.07, 6.45) is 0. The molecule has 16 heavy (non-hydrogen) atoms. The van der Waals surface area contributed by atoms with Gasteiger partial charge in [0, 0.05) is 5.56 Å². The summed E-state index contributed by atoms with van der Waals surface area (Å²) >= 11 is 0. The van der Waals surface area contributed by atoms with Gasteiger partial charge in [0.05, 0.1) is 6.61 Å². The van der Waals surface area contributed by atoms with Crippen LogP contribution < -0.4 is 0 Å². The van der Waals surface area contributed by atoms with Gasteiger partial charge in [0.2, 0.25) is 0 Å². The quantitative estimate of drug-likeness (QED) is 0.583. The number of aliphatic hydroxyl groups excluding tert-OH is 1. The van der Waals surface area contributed by atoms with E-state index in [1.807, 2.05) is 13.8 Å².